The van der Waals surface area contributed by atoms with Crippen molar-refractivity contribution in [3.05, 3.63) is 68.9 Å². The van der Waals surface area contributed by atoms with Gasteiger partial charge in [-0.15, -0.1) is 22.7 Å². The second kappa shape index (κ2) is 5.72. The van der Waals surface area contributed by atoms with E-state index in [1.807, 2.05) is 54.8 Å². The fourth-order valence-electron chi connectivity index (χ4n) is 2.54. The first kappa shape index (κ1) is 14.3. The molecule has 3 heterocycles. The van der Waals surface area contributed by atoms with Gasteiger partial charge in [0.15, 0.2) is 0 Å². The molecule has 6 heteroatoms. The molecule has 0 spiro atoms. The minimum atomic E-state index is -0.228. The third-order valence-electron chi connectivity index (χ3n) is 3.56. The summed E-state index contributed by atoms with van der Waals surface area (Å²) in [6.45, 7) is 2.47. The van der Waals surface area contributed by atoms with E-state index in [4.69, 9.17) is 0 Å². The second-order valence-corrected chi connectivity index (χ2v) is 7.31. The molecule has 4 nitrogen and oxygen atoms in total. The van der Waals surface area contributed by atoms with E-state index in [0.29, 0.717) is 12.2 Å². The molecule has 0 fully saturated rings. The lowest BCUT2D eigenvalue weighted by Crippen LogP contribution is -2.23. The first-order chi connectivity index (χ1) is 11.2. The molecule has 0 aliphatic heterocycles. The standard InChI is InChI=1S/C17H13N3OS2/c1-11-18-15-14(13-8-5-9-22-13)19-17(21)20(16(15)23-11)10-12-6-3-2-4-7-12/h2-9H,10H2,1H3. The molecular formula is C17H13N3OS2. The van der Waals surface area contributed by atoms with Crippen LogP contribution in [0.2, 0.25) is 0 Å². The van der Waals surface area contributed by atoms with Crippen LogP contribution in [0.5, 0.6) is 0 Å². The van der Waals surface area contributed by atoms with Crippen LogP contribution in [0.25, 0.3) is 20.9 Å². The van der Waals surface area contributed by atoms with Gasteiger partial charge in [-0.1, -0.05) is 36.4 Å². The number of hydrogen-bond donors (Lipinski definition) is 0. The first-order valence-electron chi connectivity index (χ1n) is 7.18. The van der Waals surface area contributed by atoms with Gasteiger partial charge in [-0.3, -0.25) is 4.57 Å². The maximum Gasteiger partial charge on any atom is 0.349 e. The number of fused-ring (bicyclic) bond motifs is 1. The molecule has 0 aliphatic carbocycles. The number of aryl methyl sites for hydroxylation is 1. The van der Waals surface area contributed by atoms with Gasteiger partial charge in [-0.05, 0) is 23.9 Å². The van der Waals surface area contributed by atoms with Gasteiger partial charge in [-0.2, -0.15) is 4.98 Å². The monoisotopic (exact) mass is 339 g/mol. The minimum Gasteiger partial charge on any atom is -0.277 e. The number of aromatic nitrogens is 3. The van der Waals surface area contributed by atoms with Crippen molar-refractivity contribution in [3.8, 4) is 10.6 Å². The predicted octanol–water partition coefficient (Wildman–Crippen LogP) is 3.94. The highest BCUT2D eigenvalue weighted by atomic mass is 32.1. The molecule has 114 valence electrons. The smallest absolute Gasteiger partial charge is 0.277 e. The summed E-state index contributed by atoms with van der Waals surface area (Å²) in [5.74, 6) is 0. The van der Waals surface area contributed by atoms with Crippen molar-refractivity contribution in [3.63, 3.8) is 0 Å². The molecule has 4 rings (SSSR count). The number of hydrogen-bond acceptors (Lipinski definition) is 5. The summed E-state index contributed by atoms with van der Waals surface area (Å²) < 4.78 is 1.71. The average molecular weight is 339 g/mol. The van der Waals surface area contributed by atoms with Crippen LogP contribution in [0.15, 0.2) is 52.6 Å². The summed E-state index contributed by atoms with van der Waals surface area (Å²) in [5, 5.41) is 2.92. The lowest BCUT2D eigenvalue weighted by atomic mass is 10.2. The normalized spacial score (nSPS) is 11.2. The van der Waals surface area contributed by atoms with Gasteiger partial charge in [-0.25, -0.2) is 9.78 Å². The van der Waals surface area contributed by atoms with Crippen molar-refractivity contribution in [2.75, 3.05) is 0 Å². The topological polar surface area (TPSA) is 47.8 Å². The van der Waals surface area contributed by atoms with E-state index in [9.17, 15) is 4.79 Å². The van der Waals surface area contributed by atoms with E-state index >= 15 is 0 Å². The zero-order chi connectivity index (χ0) is 15.8. The van der Waals surface area contributed by atoms with Crippen LogP contribution >= 0.6 is 22.7 Å². The molecule has 3 aromatic heterocycles. The van der Waals surface area contributed by atoms with E-state index in [2.05, 4.69) is 9.97 Å². The van der Waals surface area contributed by atoms with Crippen molar-refractivity contribution >= 4 is 33.0 Å². The van der Waals surface area contributed by atoms with Crippen LogP contribution in [-0.2, 0) is 6.54 Å². The molecule has 1 aromatic carbocycles. The Bertz CT molecular complexity index is 1020. The van der Waals surface area contributed by atoms with Gasteiger partial charge in [0.1, 0.15) is 16.0 Å². The zero-order valence-electron chi connectivity index (χ0n) is 12.4. The van der Waals surface area contributed by atoms with Crippen molar-refractivity contribution in [2.45, 2.75) is 13.5 Å². The van der Waals surface area contributed by atoms with E-state index in [1.165, 1.54) is 0 Å². The summed E-state index contributed by atoms with van der Waals surface area (Å²) in [4.78, 5) is 23.4. The number of rotatable bonds is 3. The second-order valence-electron chi connectivity index (χ2n) is 5.18. The van der Waals surface area contributed by atoms with Crippen molar-refractivity contribution < 1.29 is 0 Å². The minimum absolute atomic E-state index is 0.228. The van der Waals surface area contributed by atoms with Gasteiger partial charge in [0.2, 0.25) is 0 Å². The van der Waals surface area contributed by atoms with Crippen LogP contribution in [0.3, 0.4) is 0 Å². The summed E-state index contributed by atoms with van der Waals surface area (Å²) in [6, 6.07) is 13.9. The Morgan fingerprint density at radius 1 is 1.09 bits per heavy atom. The fourth-order valence-corrected chi connectivity index (χ4v) is 4.16. The Morgan fingerprint density at radius 2 is 1.91 bits per heavy atom. The van der Waals surface area contributed by atoms with E-state index < -0.39 is 0 Å². The third-order valence-corrected chi connectivity index (χ3v) is 5.43. The molecule has 0 saturated heterocycles. The maximum atomic E-state index is 12.6. The first-order valence-corrected chi connectivity index (χ1v) is 8.88. The highest BCUT2D eigenvalue weighted by molar-refractivity contribution is 7.18. The van der Waals surface area contributed by atoms with Crippen LogP contribution < -0.4 is 5.69 Å². The van der Waals surface area contributed by atoms with Crippen LogP contribution in [0, 0.1) is 6.92 Å². The highest BCUT2D eigenvalue weighted by Crippen LogP contribution is 2.31. The number of nitrogens with zero attached hydrogens (tertiary/aromatic N) is 3. The van der Waals surface area contributed by atoms with Gasteiger partial charge < -0.3 is 0 Å². The molecule has 0 aliphatic rings. The van der Waals surface area contributed by atoms with Gasteiger partial charge in [0.05, 0.1) is 16.4 Å². The Hall–Kier alpha value is -2.31. The quantitative estimate of drug-likeness (QED) is 0.568. The van der Waals surface area contributed by atoms with Crippen molar-refractivity contribution in [1.82, 2.24) is 14.5 Å². The number of thiophene rings is 1. The van der Waals surface area contributed by atoms with Crippen LogP contribution in [-0.4, -0.2) is 14.5 Å². The Labute approximate surface area is 140 Å². The lowest BCUT2D eigenvalue weighted by molar-refractivity contribution is 0.768. The maximum absolute atomic E-state index is 12.6. The molecule has 0 amide bonds. The highest BCUT2D eigenvalue weighted by Gasteiger charge is 2.16. The zero-order valence-corrected chi connectivity index (χ0v) is 14.0. The summed E-state index contributed by atoms with van der Waals surface area (Å²) >= 11 is 3.11. The molecule has 0 radical (unpaired) electrons. The Kier molecular flexibility index (Phi) is 3.55. The van der Waals surface area contributed by atoms with E-state index in [0.717, 1.165) is 25.8 Å². The van der Waals surface area contributed by atoms with Crippen LogP contribution in [0.4, 0.5) is 0 Å². The van der Waals surface area contributed by atoms with Crippen molar-refractivity contribution in [2.24, 2.45) is 0 Å². The largest absolute Gasteiger partial charge is 0.349 e. The lowest BCUT2D eigenvalue weighted by Gasteiger charge is -2.08. The average Bonchev–Trinajstić information content (AvgIpc) is 3.20. The summed E-state index contributed by atoms with van der Waals surface area (Å²) in [6.07, 6.45) is 0. The molecule has 0 atom stereocenters. The third kappa shape index (κ3) is 2.60. The van der Waals surface area contributed by atoms with Gasteiger partial charge in [0, 0.05) is 0 Å². The van der Waals surface area contributed by atoms with Gasteiger partial charge >= 0.3 is 5.69 Å². The van der Waals surface area contributed by atoms with Crippen LogP contribution in [0.1, 0.15) is 10.6 Å². The van der Waals surface area contributed by atoms with E-state index in [-0.39, 0.29) is 5.69 Å². The number of benzene rings is 1. The number of thiazole rings is 1. The molecule has 0 saturated carbocycles. The Morgan fingerprint density at radius 3 is 2.65 bits per heavy atom. The van der Waals surface area contributed by atoms with Gasteiger partial charge in [0.25, 0.3) is 0 Å². The Balaban J connectivity index is 1.94. The molecule has 0 unspecified atom stereocenters. The molecule has 23 heavy (non-hydrogen) atoms. The molecular weight excluding hydrogens is 326 g/mol. The summed E-state index contributed by atoms with van der Waals surface area (Å²) in [7, 11) is 0. The summed E-state index contributed by atoms with van der Waals surface area (Å²) in [5.41, 5.74) is 2.35. The molecule has 0 bridgehead atoms. The molecule has 4 aromatic rings. The predicted molar refractivity (Wildman–Crippen MR) is 95.3 cm³/mol. The SMILES string of the molecule is Cc1nc2c(-c3cccs3)nc(=O)n(Cc3ccccc3)c2s1. The molecule has 0 N–H and O–H groups in total. The van der Waals surface area contributed by atoms with E-state index in [1.54, 1.807) is 27.2 Å². The van der Waals surface area contributed by atoms with Crippen molar-refractivity contribution in [1.29, 1.82) is 0 Å². The fraction of sp³-hybridized carbons (Fsp3) is 0.118.